The molecule has 2 amide bonds. The fraction of sp³-hybridized carbons (Fsp3) is 0.286. The maximum absolute atomic E-state index is 13.5. The molecule has 3 aromatic rings. The fourth-order valence-electron chi connectivity index (χ4n) is 3.75. The van der Waals surface area contributed by atoms with Crippen LogP contribution in [0, 0.1) is 13.8 Å². The monoisotopic (exact) mass is 444 g/mol. The van der Waals surface area contributed by atoms with E-state index in [0.717, 1.165) is 22.3 Å². The SMILES string of the molecule is CCNC(=O)[C@H](Cc1ccccc1)N(Cc1ccccc1C)C(=O)COc1cccc(C)c1. The highest BCUT2D eigenvalue weighted by molar-refractivity contribution is 5.88. The summed E-state index contributed by atoms with van der Waals surface area (Å²) in [4.78, 5) is 28.3. The van der Waals surface area contributed by atoms with Crippen LogP contribution in [-0.4, -0.2) is 35.9 Å². The molecule has 0 spiro atoms. The van der Waals surface area contributed by atoms with Gasteiger partial charge in [-0.3, -0.25) is 9.59 Å². The molecule has 0 saturated carbocycles. The molecule has 0 unspecified atom stereocenters. The first-order valence-electron chi connectivity index (χ1n) is 11.3. The van der Waals surface area contributed by atoms with Crippen molar-refractivity contribution in [1.82, 2.24) is 10.2 Å². The summed E-state index contributed by atoms with van der Waals surface area (Å²) in [5.74, 6) is 0.239. The van der Waals surface area contributed by atoms with Crippen LogP contribution in [0.25, 0.3) is 0 Å². The van der Waals surface area contributed by atoms with Gasteiger partial charge in [0, 0.05) is 19.5 Å². The summed E-state index contributed by atoms with van der Waals surface area (Å²) >= 11 is 0. The highest BCUT2D eigenvalue weighted by Gasteiger charge is 2.30. The Morgan fingerprint density at radius 2 is 1.67 bits per heavy atom. The molecule has 0 aliphatic heterocycles. The summed E-state index contributed by atoms with van der Waals surface area (Å²) in [6.45, 7) is 6.56. The van der Waals surface area contributed by atoms with E-state index in [-0.39, 0.29) is 18.4 Å². The lowest BCUT2D eigenvalue weighted by Crippen LogP contribution is -2.51. The van der Waals surface area contributed by atoms with Crippen molar-refractivity contribution in [2.24, 2.45) is 0 Å². The second-order valence-electron chi connectivity index (χ2n) is 8.15. The third kappa shape index (κ3) is 6.94. The average Bonchev–Trinajstić information content (AvgIpc) is 2.82. The van der Waals surface area contributed by atoms with Gasteiger partial charge in [0.25, 0.3) is 5.91 Å². The number of benzene rings is 3. The van der Waals surface area contributed by atoms with Crippen molar-refractivity contribution in [2.75, 3.05) is 13.2 Å². The predicted molar refractivity (Wildman–Crippen MR) is 131 cm³/mol. The first-order valence-corrected chi connectivity index (χ1v) is 11.3. The Bertz CT molecular complexity index is 1070. The van der Waals surface area contributed by atoms with E-state index in [0.29, 0.717) is 25.3 Å². The summed E-state index contributed by atoms with van der Waals surface area (Å²) in [5, 5.41) is 2.91. The minimum atomic E-state index is -0.652. The zero-order valence-corrected chi connectivity index (χ0v) is 19.6. The molecule has 0 radical (unpaired) electrons. The number of nitrogens with one attached hydrogen (secondary N) is 1. The van der Waals surface area contributed by atoms with E-state index in [1.165, 1.54) is 0 Å². The van der Waals surface area contributed by atoms with Crippen LogP contribution in [0.2, 0.25) is 0 Å². The Morgan fingerprint density at radius 3 is 2.36 bits per heavy atom. The van der Waals surface area contributed by atoms with Crippen molar-refractivity contribution in [3.05, 3.63) is 101 Å². The van der Waals surface area contributed by atoms with Crippen molar-refractivity contribution in [1.29, 1.82) is 0 Å². The van der Waals surface area contributed by atoms with Gasteiger partial charge in [-0.15, -0.1) is 0 Å². The molecule has 172 valence electrons. The van der Waals surface area contributed by atoms with Gasteiger partial charge in [-0.1, -0.05) is 66.7 Å². The predicted octanol–water partition coefficient (Wildman–Crippen LogP) is 4.46. The number of amides is 2. The number of ether oxygens (including phenoxy) is 1. The number of hydrogen-bond donors (Lipinski definition) is 1. The Labute approximate surface area is 196 Å². The molecule has 33 heavy (non-hydrogen) atoms. The topological polar surface area (TPSA) is 58.6 Å². The van der Waals surface area contributed by atoms with E-state index in [2.05, 4.69) is 5.32 Å². The molecule has 3 rings (SSSR count). The van der Waals surface area contributed by atoms with Gasteiger partial charge in [0.05, 0.1) is 0 Å². The van der Waals surface area contributed by atoms with Crippen LogP contribution in [-0.2, 0) is 22.6 Å². The number of nitrogens with zero attached hydrogens (tertiary/aromatic N) is 1. The largest absolute Gasteiger partial charge is 0.484 e. The lowest BCUT2D eigenvalue weighted by atomic mass is 10.0. The average molecular weight is 445 g/mol. The molecule has 1 atom stereocenters. The minimum absolute atomic E-state index is 0.139. The maximum Gasteiger partial charge on any atom is 0.261 e. The number of carbonyl (C=O) groups is 2. The third-order valence-electron chi connectivity index (χ3n) is 5.58. The highest BCUT2D eigenvalue weighted by Crippen LogP contribution is 2.18. The van der Waals surface area contributed by atoms with Crippen LogP contribution >= 0.6 is 0 Å². The molecule has 0 saturated heterocycles. The van der Waals surface area contributed by atoms with Crippen molar-refractivity contribution in [2.45, 2.75) is 39.8 Å². The summed E-state index contributed by atoms with van der Waals surface area (Å²) < 4.78 is 5.81. The summed E-state index contributed by atoms with van der Waals surface area (Å²) in [5.41, 5.74) is 4.13. The lowest BCUT2D eigenvalue weighted by molar-refractivity contribution is -0.142. The molecule has 0 aromatic heterocycles. The van der Waals surface area contributed by atoms with Gasteiger partial charge in [0.15, 0.2) is 6.61 Å². The van der Waals surface area contributed by atoms with Crippen LogP contribution < -0.4 is 10.1 Å². The van der Waals surface area contributed by atoms with Crippen LogP contribution in [0.3, 0.4) is 0 Å². The van der Waals surface area contributed by atoms with Gasteiger partial charge in [0.1, 0.15) is 11.8 Å². The van der Waals surface area contributed by atoms with Crippen molar-refractivity contribution < 1.29 is 14.3 Å². The quantitative estimate of drug-likeness (QED) is 0.502. The Kier molecular flexibility index (Phi) is 8.64. The van der Waals surface area contributed by atoms with Crippen LogP contribution in [0.1, 0.15) is 29.2 Å². The van der Waals surface area contributed by atoms with E-state index >= 15 is 0 Å². The molecule has 0 fully saturated rings. The number of likely N-dealkylation sites (N-methyl/N-ethyl adjacent to an activating group) is 1. The van der Waals surface area contributed by atoms with E-state index in [9.17, 15) is 9.59 Å². The van der Waals surface area contributed by atoms with Gasteiger partial charge in [0.2, 0.25) is 5.91 Å². The van der Waals surface area contributed by atoms with Gasteiger partial charge >= 0.3 is 0 Å². The fourth-order valence-corrected chi connectivity index (χ4v) is 3.75. The first-order chi connectivity index (χ1) is 16.0. The lowest BCUT2D eigenvalue weighted by Gasteiger charge is -2.31. The number of aryl methyl sites for hydroxylation is 2. The van der Waals surface area contributed by atoms with E-state index in [1.54, 1.807) is 4.90 Å². The summed E-state index contributed by atoms with van der Waals surface area (Å²) in [6, 6.07) is 24.7. The zero-order valence-electron chi connectivity index (χ0n) is 19.6. The second kappa shape index (κ2) is 11.9. The Balaban J connectivity index is 1.90. The Morgan fingerprint density at radius 1 is 0.939 bits per heavy atom. The van der Waals surface area contributed by atoms with E-state index in [1.807, 2.05) is 99.6 Å². The van der Waals surface area contributed by atoms with Crippen molar-refractivity contribution >= 4 is 11.8 Å². The van der Waals surface area contributed by atoms with Crippen LogP contribution in [0.15, 0.2) is 78.9 Å². The maximum atomic E-state index is 13.5. The standard InChI is InChI=1S/C28H32N2O3/c1-4-29-28(32)26(18-23-13-6-5-7-14-23)30(19-24-15-9-8-12-22(24)3)27(31)20-33-25-16-10-11-21(2)17-25/h5-17,26H,4,18-20H2,1-3H3,(H,29,32)/t26-/m0/s1. The Hall–Kier alpha value is -3.60. The number of hydrogen-bond acceptors (Lipinski definition) is 3. The number of carbonyl (C=O) groups excluding carboxylic acids is 2. The van der Waals surface area contributed by atoms with Crippen molar-refractivity contribution in [3.63, 3.8) is 0 Å². The van der Waals surface area contributed by atoms with Gasteiger partial charge < -0.3 is 15.0 Å². The third-order valence-corrected chi connectivity index (χ3v) is 5.58. The first kappa shape index (κ1) is 24.1. The van der Waals surface area contributed by atoms with Gasteiger partial charge in [-0.05, 0) is 55.2 Å². The normalized spacial score (nSPS) is 11.5. The molecular weight excluding hydrogens is 412 g/mol. The van der Waals surface area contributed by atoms with E-state index in [4.69, 9.17) is 4.74 Å². The molecule has 5 heteroatoms. The molecule has 3 aromatic carbocycles. The minimum Gasteiger partial charge on any atom is -0.484 e. The second-order valence-corrected chi connectivity index (χ2v) is 8.15. The van der Waals surface area contributed by atoms with Crippen molar-refractivity contribution in [3.8, 4) is 5.75 Å². The van der Waals surface area contributed by atoms with Gasteiger partial charge in [-0.25, -0.2) is 0 Å². The molecule has 1 N–H and O–H groups in total. The zero-order chi connectivity index (χ0) is 23.6. The van der Waals surface area contributed by atoms with Crippen LogP contribution in [0.5, 0.6) is 5.75 Å². The smallest absolute Gasteiger partial charge is 0.261 e. The molecular formula is C28H32N2O3. The molecule has 5 nitrogen and oxygen atoms in total. The summed E-state index contributed by atoms with van der Waals surface area (Å²) in [6.07, 6.45) is 0.425. The highest BCUT2D eigenvalue weighted by atomic mass is 16.5. The summed E-state index contributed by atoms with van der Waals surface area (Å²) in [7, 11) is 0. The molecule has 0 aliphatic carbocycles. The molecule has 0 bridgehead atoms. The van der Waals surface area contributed by atoms with Crippen LogP contribution in [0.4, 0.5) is 0 Å². The molecule has 0 aliphatic rings. The molecule has 0 heterocycles. The van der Waals surface area contributed by atoms with E-state index < -0.39 is 6.04 Å². The van der Waals surface area contributed by atoms with Gasteiger partial charge in [-0.2, -0.15) is 0 Å². The number of rotatable bonds is 10.